The fraction of sp³-hybridized carbons (Fsp3) is 1.00. The van der Waals surface area contributed by atoms with E-state index in [2.05, 4.69) is 39.9 Å². The van der Waals surface area contributed by atoms with Crippen LogP contribution in [0.25, 0.3) is 0 Å². The first-order valence-electron chi connectivity index (χ1n) is 7.60. The van der Waals surface area contributed by atoms with Crippen LogP contribution >= 0.6 is 17.9 Å². The molecule has 0 saturated heterocycles. The molecule has 2 atom stereocenters. The van der Waals surface area contributed by atoms with Crippen LogP contribution in [0.15, 0.2) is 0 Å². The summed E-state index contributed by atoms with van der Waals surface area (Å²) in [5.74, 6) is 1.17. The number of rotatable bonds is 12. The second-order valence-electron chi connectivity index (χ2n) is 5.19. The molecule has 0 aromatic rings. The summed E-state index contributed by atoms with van der Waals surface area (Å²) in [5.41, 5.74) is -2.35. The van der Waals surface area contributed by atoms with E-state index in [0.717, 1.165) is 12.8 Å². The highest BCUT2D eigenvalue weighted by atomic mass is 32.9. The Hall–Kier alpha value is 0.920. The van der Waals surface area contributed by atoms with Crippen LogP contribution in [-0.2, 0) is 20.9 Å². The average molecular weight is 327 g/mol. The summed E-state index contributed by atoms with van der Waals surface area (Å²) in [6.07, 6.45) is 7.01. The molecule has 0 aliphatic carbocycles. The Morgan fingerprint density at radius 2 is 1.26 bits per heavy atom. The van der Waals surface area contributed by atoms with Crippen molar-refractivity contribution in [2.45, 2.75) is 66.2 Å². The fourth-order valence-corrected chi connectivity index (χ4v) is 3.70. The Labute approximate surface area is 130 Å². The Kier molecular flexibility index (Phi) is 12.1. The maximum absolute atomic E-state index is 5.78. The number of thiol groups is 1. The maximum atomic E-state index is 5.78. The van der Waals surface area contributed by atoms with E-state index in [4.69, 9.17) is 20.9 Å². The minimum atomic E-state index is -2.35. The van der Waals surface area contributed by atoms with Gasteiger partial charge in [-0.3, -0.25) is 0 Å². The first kappa shape index (κ1) is 19.9. The van der Waals surface area contributed by atoms with Crippen LogP contribution in [0.1, 0.15) is 66.2 Å². The predicted octanol–water partition coefficient (Wildman–Crippen LogP) is 5.83. The van der Waals surface area contributed by atoms with E-state index < -0.39 is 5.69 Å². The lowest BCUT2D eigenvalue weighted by molar-refractivity contribution is 0.190. The third kappa shape index (κ3) is 10.3. The van der Waals surface area contributed by atoms with Gasteiger partial charge in [-0.15, -0.1) is 0 Å². The van der Waals surface area contributed by atoms with Gasteiger partial charge in [0.15, 0.2) is 0 Å². The molecule has 19 heavy (non-hydrogen) atoms. The van der Waals surface area contributed by atoms with Gasteiger partial charge in [-0.05, 0) is 36.5 Å². The number of hydrogen-bond donors (Lipinski definition) is 1. The van der Waals surface area contributed by atoms with Crippen molar-refractivity contribution in [2.75, 3.05) is 13.2 Å². The average Bonchev–Trinajstić information content (AvgIpc) is 2.39. The lowest BCUT2D eigenvalue weighted by atomic mass is 10.0. The van der Waals surface area contributed by atoms with Gasteiger partial charge in [0, 0.05) is 0 Å². The molecule has 2 unspecified atom stereocenters. The van der Waals surface area contributed by atoms with Gasteiger partial charge in [-0.1, -0.05) is 65.6 Å². The normalized spacial score (nSPS) is 17.9. The first-order chi connectivity index (χ1) is 8.99. The topological polar surface area (TPSA) is 18.5 Å². The van der Waals surface area contributed by atoms with E-state index in [1.54, 1.807) is 0 Å². The van der Waals surface area contributed by atoms with Gasteiger partial charge in [0.05, 0.1) is 13.2 Å². The minimum Gasteiger partial charge on any atom is -0.322 e. The van der Waals surface area contributed by atoms with Gasteiger partial charge in [0.2, 0.25) is 5.69 Å². The Balaban J connectivity index is 4.05. The molecule has 0 radical (unpaired) electrons. The smallest absolute Gasteiger partial charge is 0.244 e. The molecule has 0 heterocycles. The second-order valence-corrected chi connectivity index (χ2v) is 10.5. The molecule has 0 bridgehead atoms. The highest BCUT2D eigenvalue weighted by Gasteiger charge is 2.18. The van der Waals surface area contributed by atoms with Gasteiger partial charge in [-0.25, -0.2) is 0 Å². The molecule has 0 N–H and O–H groups in total. The van der Waals surface area contributed by atoms with Gasteiger partial charge >= 0.3 is 0 Å². The number of hydrogen-bond acceptors (Lipinski definition) is 3. The predicted molar refractivity (Wildman–Crippen MR) is 92.6 cm³/mol. The van der Waals surface area contributed by atoms with Crippen LogP contribution in [0.4, 0.5) is 0 Å². The fourth-order valence-electron chi connectivity index (χ4n) is 2.06. The summed E-state index contributed by atoms with van der Waals surface area (Å²) >= 11 is 9.81. The highest BCUT2D eigenvalue weighted by molar-refractivity contribution is 8.60. The molecule has 0 aliphatic heterocycles. The lowest BCUT2D eigenvalue weighted by Gasteiger charge is -2.23. The maximum Gasteiger partial charge on any atom is 0.244 e. The van der Waals surface area contributed by atoms with E-state index in [1.165, 1.54) is 25.7 Å². The Bertz CT molecular complexity index is 240. The molecule has 2 nitrogen and oxygen atoms in total. The minimum absolute atomic E-state index is 0.584. The molecule has 0 aromatic carbocycles. The molecule has 116 valence electrons. The lowest BCUT2D eigenvalue weighted by Crippen LogP contribution is -2.10. The molecule has 0 aromatic heterocycles. The zero-order valence-corrected chi connectivity index (χ0v) is 15.5. The summed E-state index contributed by atoms with van der Waals surface area (Å²) in [6.45, 7) is 10.2. The summed E-state index contributed by atoms with van der Waals surface area (Å²) < 4.78 is 11.6. The zero-order valence-electron chi connectivity index (χ0n) is 12.9. The van der Waals surface area contributed by atoms with Crippen molar-refractivity contribution in [3.05, 3.63) is 0 Å². The largest absolute Gasteiger partial charge is 0.322 e. The van der Waals surface area contributed by atoms with E-state index in [9.17, 15) is 0 Å². The Morgan fingerprint density at radius 3 is 1.53 bits per heavy atom. The molecule has 0 aliphatic rings. The van der Waals surface area contributed by atoms with Gasteiger partial charge in [-0.2, -0.15) is 0 Å². The van der Waals surface area contributed by atoms with Crippen LogP contribution in [-0.4, -0.2) is 13.2 Å². The molecular weight excluding hydrogens is 295 g/mol. The van der Waals surface area contributed by atoms with Crippen molar-refractivity contribution in [3.8, 4) is 0 Å². The van der Waals surface area contributed by atoms with Crippen LogP contribution in [0.2, 0.25) is 0 Å². The molecule has 0 saturated carbocycles. The molecule has 0 amide bonds. The van der Waals surface area contributed by atoms with E-state index in [-0.39, 0.29) is 0 Å². The second kappa shape index (κ2) is 11.6. The van der Waals surface area contributed by atoms with Crippen LogP contribution < -0.4 is 0 Å². The third-order valence-electron chi connectivity index (χ3n) is 3.50. The van der Waals surface area contributed by atoms with Crippen molar-refractivity contribution in [2.24, 2.45) is 11.8 Å². The van der Waals surface area contributed by atoms with Gasteiger partial charge < -0.3 is 9.05 Å². The molecule has 0 fully saturated rings. The van der Waals surface area contributed by atoms with E-state index >= 15 is 0 Å². The third-order valence-corrected chi connectivity index (χ3v) is 5.77. The highest BCUT2D eigenvalue weighted by Crippen LogP contribution is 2.54. The van der Waals surface area contributed by atoms with Crippen LogP contribution in [0.3, 0.4) is 0 Å². The van der Waals surface area contributed by atoms with Crippen molar-refractivity contribution in [3.63, 3.8) is 0 Å². The van der Waals surface area contributed by atoms with Crippen molar-refractivity contribution < 1.29 is 9.05 Å². The van der Waals surface area contributed by atoms with Gasteiger partial charge in [0.1, 0.15) is 0 Å². The van der Waals surface area contributed by atoms with E-state index in [0.29, 0.717) is 25.0 Å². The molecule has 5 heteroatoms. The summed E-state index contributed by atoms with van der Waals surface area (Å²) in [6, 6.07) is 0. The Morgan fingerprint density at radius 1 is 0.895 bits per heavy atom. The molecular formula is C14H31O2PS2. The first-order valence-corrected chi connectivity index (χ1v) is 11.4. The van der Waals surface area contributed by atoms with Crippen molar-refractivity contribution in [1.29, 1.82) is 0 Å². The molecule has 0 rings (SSSR count). The molecule has 0 spiro atoms. The zero-order chi connectivity index (χ0) is 14.7. The quantitative estimate of drug-likeness (QED) is 0.360. The van der Waals surface area contributed by atoms with Crippen LogP contribution in [0.5, 0.6) is 0 Å². The van der Waals surface area contributed by atoms with E-state index in [1.807, 2.05) is 0 Å². The SMILES string of the molecule is CCCC(CC)COP(=S)(S)OCC(CC)CCC. The standard InChI is InChI=1S/C14H31O2PS2/c1-5-9-13(7-3)11-15-17(18,19)16-12-14(8-4)10-6-2/h13-14H,5-12H2,1-4H3,(H,18,19). The van der Waals surface area contributed by atoms with Crippen LogP contribution in [0, 0.1) is 11.8 Å². The summed E-state index contributed by atoms with van der Waals surface area (Å²) in [4.78, 5) is 0. The summed E-state index contributed by atoms with van der Waals surface area (Å²) in [5, 5.41) is 0. The van der Waals surface area contributed by atoms with Gasteiger partial charge in [0.25, 0.3) is 0 Å². The van der Waals surface area contributed by atoms with Crippen molar-refractivity contribution >= 4 is 29.7 Å². The van der Waals surface area contributed by atoms with Crippen molar-refractivity contribution in [1.82, 2.24) is 0 Å². The monoisotopic (exact) mass is 326 g/mol. The summed E-state index contributed by atoms with van der Waals surface area (Å²) in [7, 11) is 0.